The van der Waals surface area contributed by atoms with Crippen molar-refractivity contribution in [1.82, 2.24) is 0 Å². The second-order valence-corrected chi connectivity index (χ2v) is 15.1. The number of ether oxygens (including phenoxy) is 1. The Morgan fingerprint density at radius 1 is 1.00 bits per heavy atom. The third-order valence-corrected chi connectivity index (χ3v) is 12.3. The first kappa shape index (κ1) is 30.2. The maximum atomic E-state index is 13.8. The zero-order valence-corrected chi connectivity index (χ0v) is 26.2. The highest BCUT2D eigenvalue weighted by atomic mass is 16.5. The van der Waals surface area contributed by atoms with E-state index in [0.717, 1.165) is 38.5 Å². The van der Waals surface area contributed by atoms with Gasteiger partial charge in [-0.05, 0) is 79.2 Å². The Labute approximate surface area is 246 Å². The van der Waals surface area contributed by atoms with Gasteiger partial charge in [0.05, 0.1) is 11.7 Å². The van der Waals surface area contributed by atoms with Gasteiger partial charge in [0.25, 0.3) is 0 Å². The molecule has 0 radical (unpaired) electrons. The number of fused-ring (bicyclic) bond motifs is 4. The molecule has 1 aromatic rings. The molecule has 0 spiro atoms. The summed E-state index contributed by atoms with van der Waals surface area (Å²) in [6, 6.07) is 9.27. The first-order chi connectivity index (χ1) is 19.2. The summed E-state index contributed by atoms with van der Waals surface area (Å²) in [5.41, 5.74) is 3.09. The fourth-order valence-corrected chi connectivity index (χ4v) is 9.79. The van der Waals surface area contributed by atoms with Crippen LogP contribution in [0.5, 0.6) is 0 Å². The van der Waals surface area contributed by atoms with E-state index in [4.69, 9.17) is 4.74 Å². The van der Waals surface area contributed by atoms with Crippen LogP contribution in [0.2, 0.25) is 0 Å². The zero-order valence-electron chi connectivity index (χ0n) is 26.2. The highest BCUT2D eigenvalue weighted by Crippen LogP contribution is 2.67. The lowest BCUT2D eigenvalue weighted by molar-refractivity contribution is -0.125. The number of esters is 1. The summed E-state index contributed by atoms with van der Waals surface area (Å²) < 4.78 is 6.17. The molecular weight excluding hydrogens is 512 g/mol. The molecule has 1 aromatic carbocycles. The smallest absolute Gasteiger partial charge is 0.338 e. The van der Waals surface area contributed by atoms with Crippen LogP contribution in [0.1, 0.15) is 110 Å². The molecule has 8 atom stereocenters. The maximum absolute atomic E-state index is 13.8. The lowest BCUT2D eigenvalue weighted by atomic mass is 9.45. The summed E-state index contributed by atoms with van der Waals surface area (Å²) in [6.07, 6.45) is 5.43. The van der Waals surface area contributed by atoms with Crippen molar-refractivity contribution in [2.45, 2.75) is 112 Å². The summed E-state index contributed by atoms with van der Waals surface area (Å²) in [5.74, 6) is 0.347. The second kappa shape index (κ2) is 10.8. The Kier molecular flexibility index (Phi) is 7.94. The van der Waals surface area contributed by atoms with E-state index >= 15 is 0 Å². The average molecular weight is 563 g/mol. The predicted molar refractivity (Wildman–Crippen MR) is 160 cm³/mol. The fraction of sp³-hybridized carbons (Fsp3) is 0.694. The van der Waals surface area contributed by atoms with Gasteiger partial charge in [0.15, 0.2) is 0 Å². The van der Waals surface area contributed by atoms with Crippen LogP contribution in [0.15, 0.2) is 41.5 Å². The van der Waals surface area contributed by atoms with Crippen LogP contribution >= 0.6 is 0 Å². The van der Waals surface area contributed by atoms with E-state index in [1.807, 2.05) is 51.1 Å². The first-order valence-electron chi connectivity index (χ1n) is 15.9. The maximum Gasteiger partial charge on any atom is 0.338 e. The van der Waals surface area contributed by atoms with Crippen LogP contribution in [-0.4, -0.2) is 34.9 Å². The number of ketones is 2. The molecule has 4 aliphatic carbocycles. The molecule has 4 aliphatic rings. The number of allylic oxidation sites excluding steroid dienone is 2. The van der Waals surface area contributed by atoms with E-state index in [-0.39, 0.29) is 64.2 Å². The van der Waals surface area contributed by atoms with Crippen molar-refractivity contribution in [1.29, 1.82) is 0 Å². The average Bonchev–Trinajstić information content (AvgIpc) is 3.20. The van der Waals surface area contributed by atoms with Gasteiger partial charge in [-0.3, -0.25) is 9.59 Å². The van der Waals surface area contributed by atoms with Gasteiger partial charge in [0, 0.05) is 30.1 Å². The van der Waals surface area contributed by atoms with Crippen molar-refractivity contribution < 1.29 is 24.2 Å². The van der Waals surface area contributed by atoms with E-state index < -0.39 is 6.10 Å². The molecule has 41 heavy (non-hydrogen) atoms. The molecule has 0 heterocycles. The SMILES string of the molecule is CC(C)C(=O)CC(O)[C@@H](C)[C@H]1CC(=O)[C@@H]2C3=C(CC[C@@]21C)[C@@]1(C)CC[C@H](OC(=O)c2ccccc2)C(C)(C)[C@@H]1CC3. The van der Waals surface area contributed by atoms with Gasteiger partial charge in [0.1, 0.15) is 17.7 Å². The molecule has 224 valence electrons. The van der Waals surface area contributed by atoms with Gasteiger partial charge in [-0.25, -0.2) is 4.79 Å². The Morgan fingerprint density at radius 3 is 2.34 bits per heavy atom. The minimum Gasteiger partial charge on any atom is -0.458 e. The normalized spacial score (nSPS) is 35.8. The van der Waals surface area contributed by atoms with Crippen LogP contribution in [-0.2, 0) is 14.3 Å². The molecule has 2 saturated carbocycles. The highest BCUT2D eigenvalue weighted by molar-refractivity contribution is 5.89. The Bertz CT molecular complexity index is 1230. The number of aliphatic hydroxyl groups is 1. The summed E-state index contributed by atoms with van der Waals surface area (Å²) in [7, 11) is 0. The number of aliphatic hydroxyl groups excluding tert-OH is 1. The third-order valence-electron chi connectivity index (χ3n) is 12.3. The van der Waals surface area contributed by atoms with Gasteiger partial charge < -0.3 is 9.84 Å². The number of benzene rings is 1. The van der Waals surface area contributed by atoms with Crippen LogP contribution < -0.4 is 0 Å². The summed E-state index contributed by atoms with van der Waals surface area (Å²) >= 11 is 0. The van der Waals surface area contributed by atoms with E-state index in [1.54, 1.807) is 0 Å². The number of carbonyl (C=O) groups is 3. The molecule has 2 fully saturated rings. The third kappa shape index (κ3) is 4.94. The first-order valence-corrected chi connectivity index (χ1v) is 15.9. The van der Waals surface area contributed by atoms with Crippen molar-refractivity contribution in [3.63, 3.8) is 0 Å². The highest BCUT2D eigenvalue weighted by Gasteiger charge is 2.62. The minimum absolute atomic E-state index is 0.0127. The quantitative estimate of drug-likeness (QED) is 0.277. The van der Waals surface area contributed by atoms with Gasteiger partial charge in [0.2, 0.25) is 0 Å². The predicted octanol–water partition coefficient (Wildman–Crippen LogP) is 7.36. The van der Waals surface area contributed by atoms with E-state index in [9.17, 15) is 19.5 Å². The van der Waals surface area contributed by atoms with Crippen LogP contribution in [0.4, 0.5) is 0 Å². The van der Waals surface area contributed by atoms with Crippen LogP contribution in [0.3, 0.4) is 0 Å². The van der Waals surface area contributed by atoms with Crippen molar-refractivity contribution in [2.75, 3.05) is 0 Å². The van der Waals surface area contributed by atoms with E-state index in [2.05, 4.69) is 27.7 Å². The van der Waals surface area contributed by atoms with Gasteiger partial charge in [-0.1, -0.05) is 77.8 Å². The molecule has 5 rings (SSSR count). The van der Waals surface area contributed by atoms with Crippen molar-refractivity contribution in [3.05, 3.63) is 47.0 Å². The lowest BCUT2D eigenvalue weighted by Crippen LogP contribution is -2.55. The monoisotopic (exact) mass is 562 g/mol. The number of hydrogen-bond acceptors (Lipinski definition) is 5. The van der Waals surface area contributed by atoms with Crippen molar-refractivity contribution in [2.24, 2.45) is 45.8 Å². The number of Topliss-reactive ketones (excluding diaryl/α,β-unsaturated/α-hetero) is 2. The second-order valence-electron chi connectivity index (χ2n) is 15.1. The zero-order chi connectivity index (χ0) is 29.9. The van der Waals surface area contributed by atoms with Crippen molar-refractivity contribution >= 4 is 17.5 Å². The standard InChI is InChI=1S/C36H50O5/c1-21(2)27(37)20-28(38)22(3)26-19-29(39)32-24-13-14-30-34(4,5)31(41-33(40)23-11-9-8-10-12-23)16-18-35(30,6)25(24)15-17-36(26,32)7/h8-12,21-22,26,28,30-32,38H,13-20H2,1-7H3/t22-,26+,28?,30-,31-,32-,35+,36+/m0/s1. The molecule has 1 unspecified atom stereocenters. The number of hydrogen-bond donors (Lipinski definition) is 1. The van der Waals surface area contributed by atoms with Gasteiger partial charge in [-0.2, -0.15) is 0 Å². The largest absolute Gasteiger partial charge is 0.458 e. The topological polar surface area (TPSA) is 80.7 Å². The van der Waals surface area contributed by atoms with E-state index in [1.165, 1.54) is 11.1 Å². The molecular formula is C36H50O5. The Morgan fingerprint density at radius 2 is 1.68 bits per heavy atom. The molecule has 0 amide bonds. The van der Waals surface area contributed by atoms with Crippen LogP contribution in [0, 0.1) is 45.8 Å². The molecule has 0 saturated heterocycles. The summed E-state index contributed by atoms with van der Waals surface area (Å²) in [4.78, 5) is 39.2. The van der Waals surface area contributed by atoms with Gasteiger partial charge in [-0.15, -0.1) is 0 Å². The fourth-order valence-electron chi connectivity index (χ4n) is 9.79. The van der Waals surface area contributed by atoms with E-state index in [0.29, 0.717) is 23.7 Å². The summed E-state index contributed by atoms with van der Waals surface area (Å²) in [5, 5.41) is 11.1. The Balaban J connectivity index is 1.38. The molecule has 0 bridgehead atoms. The number of carbonyl (C=O) groups excluding carboxylic acids is 3. The van der Waals surface area contributed by atoms with Gasteiger partial charge >= 0.3 is 5.97 Å². The molecule has 5 nitrogen and oxygen atoms in total. The molecule has 0 aromatic heterocycles. The summed E-state index contributed by atoms with van der Waals surface area (Å²) in [6.45, 7) is 15.0. The van der Waals surface area contributed by atoms with Crippen molar-refractivity contribution in [3.8, 4) is 0 Å². The Hall–Kier alpha value is -2.27. The molecule has 5 heteroatoms. The molecule has 0 aliphatic heterocycles. The van der Waals surface area contributed by atoms with Crippen LogP contribution in [0.25, 0.3) is 0 Å². The number of rotatable bonds is 7. The minimum atomic E-state index is -0.712. The lowest BCUT2D eigenvalue weighted by Gasteiger charge is -2.60. The molecule has 1 N–H and O–H groups in total.